The van der Waals surface area contributed by atoms with Gasteiger partial charge in [0.05, 0.1) is 31.0 Å². The maximum atomic E-state index is 14.9. The Hall–Kier alpha value is -3.41. The number of anilines is 2. The van der Waals surface area contributed by atoms with Crippen LogP contribution in [0.2, 0.25) is 0 Å². The third kappa shape index (κ3) is 6.56. The number of nitrogens with one attached hydrogen (secondary N) is 1. The second kappa shape index (κ2) is 11.1. The van der Waals surface area contributed by atoms with Crippen molar-refractivity contribution in [1.82, 2.24) is 15.1 Å². The van der Waals surface area contributed by atoms with Gasteiger partial charge in [0, 0.05) is 33.1 Å². The van der Waals surface area contributed by atoms with Gasteiger partial charge in [0.15, 0.2) is 6.61 Å². The summed E-state index contributed by atoms with van der Waals surface area (Å²) in [5, 5.41) is 2.60. The number of piperazine rings is 1. The number of nitrogens with zero attached hydrogens (tertiary/aromatic N) is 4. The number of esters is 1. The molecular formula is C22H30FN5O6. The minimum Gasteiger partial charge on any atom is -0.455 e. The van der Waals surface area contributed by atoms with Gasteiger partial charge < -0.3 is 24.6 Å². The summed E-state index contributed by atoms with van der Waals surface area (Å²) in [6.07, 6.45) is -1.10. The number of ether oxygens (including phenoxy) is 2. The Morgan fingerprint density at radius 3 is 2.53 bits per heavy atom. The second-order valence-electron chi connectivity index (χ2n) is 8.46. The highest BCUT2D eigenvalue weighted by molar-refractivity contribution is 5.90. The average molecular weight is 480 g/mol. The van der Waals surface area contributed by atoms with Crippen LogP contribution in [0.15, 0.2) is 18.2 Å². The molecule has 0 saturated carbocycles. The normalized spacial score (nSPS) is 18.2. The number of likely N-dealkylation sites (N-methyl/N-ethyl adjacent to an activating group) is 1. The quantitative estimate of drug-likeness (QED) is 0.521. The van der Waals surface area contributed by atoms with E-state index in [4.69, 9.17) is 9.47 Å². The van der Waals surface area contributed by atoms with Gasteiger partial charge in [-0.1, -0.05) is 0 Å². The van der Waals surface area contributed by atoms with Crippen LogP contribution in [0.25, 0.3) is 0 Å². The molecule has 34 heavy (non-hydrogen) atoms. The van der Waals surface area contributed by atoms with Crippen molar-refractivity contribution in [3.63, 3.8) is 0 Å². The number of carbonyl (C=O) groups is 4. The van der Waals surface area contributed by atoms with Crippen molar-refractivity contribution in [3.8, 4) is 0 Å². The van der Waals surface area contributed by atoms with Gasteiger partial charge in [0.25, 0.3) is 5.91 Å². The number of halogens is 1. The maximum absolute atomic E-state index is 14.9. The van der Waals surface area contributed by atoms with Gasteiger partial charge in [0.2, 0.25) is 5.91 Å². The van der Waals surface area contributed by atoms with E-state index in [0.717, 1.165) is 0 Å². The third-order valence-electron chi connectivity index (χ3n) is 5.47. The molecule has 12 heteroatoms. The fraction of sp³-hybridized carbons (Fsp3) is 0.545. The van der Waals surface area contributed by atoms with E-state index in [1.54, 1.807) is 36.0 Å². The van der Waals surface area contributed by atoms with Crippen molar-refractivity contribution >= 4 is 35.3 Å². The Balaban J connectivity index is 1.52. The molecule has 0 radical (unpaired) electrons. The summed E-state index contributed by atoms with van der Waals surface area (Å²) in [6, 6.07) is 4.51. The Labute approximate surface area is 197 Å². The van der Waals surface area contributed by atoms with Crippen LogP contribution in [0.5, 0.6) is 0 Å². The van der Waals surface area contributed by atoms with Crippen LogP contribution in [-0.2, 0) is 23.9 Å². The first-order valence-electron chi connectivity index (χ1n) is 11.0. The molecule has 3 amide bonds. The van der Waals surface area contributed by atoms with Gasteiger partial charge in [-0.25, -0.2) is 9.18 Å². The van der Waals surface area contributed by atoms with Crippen LogP contribution in [0.3, 0.4) is 0 Å². The molecule has 186 valence electrons. The summed E-state index contributed by atoms with van der Waals surface area (Å²) >= 11 is 0. The first-order valence-corrected chi connectivity index (χ1v) is 11.0. The Morgan fingerprint density at radius 2 is 1.91 bits per heavy atom. The molecule has 1 aromatic carbocycles. The zero-order valence-corrected chi connectivity index (χ0v) is 19.6. The summed E-state index contributed by atoms with van der Waals surface area (Å²) < 4.78 is 25.1. The molecule has 1 N–H and O–H groups in total. The number of hydrogen-bond acceptors (Lipinski definition) is 8. The van der Waals surface area contributed by atoms with E-state index in [-0.39, 0.29) is 38.1 Å². The monoisotopic (exact) mass is 479 g/mol. The molecule has 3 rings (SSSR count). The molecule has 2 saturated heterocycles. The van der Waals surface area contributed by atoms with Crippen LogP contribution in [-0.4, -0.2) is 106 Å². The molecule has 0 aromatic heterocycles. The SMILES string of the molecule is CC(=O)NCC1CN(c2ccc(N3CCN(C(=O)COC(=O)CN(C)C)CC3)c(F)c2)C(=O)O1. The smallest absolute Gasteiger partial charge is 0.414 e. The highest BCUT2D eigenvalue weighted by Crippen LogP contribution is 2.28. The topological polar surface area (TPSA) is 112 Å². The molecule has 11 nitrogen and oxygen atoms in total. The van der Waals surface area contributed by atoms with Crippen molar-refractivity contribution in [3.05, 3.63) is 24.0 Å². The van der Waals surface area contributed by atoms with E-state index in [0.29, 0.717) is 37.6 Å². The van der Waals surface area contributed by atoms with Gasteiger partial charge in [-0.05, 0) is 32.3 Å². The van der Waals surface area contributed by atoms with E-state index in [1.807, 2.05) is 4.90 Å². The van der Waals surface area contributed by atoms with Crippen LogP contribution >= 0.6 is 0 Å². The van der Waals surface area contributed by atoms with E-state index in [9.17, 15) is 23.6 Å². The summed E-state index contributed by atoms with van der Waals surface area (Å²) in [5.74, 6) is -1.48. The van der Waals surface area contributed by atoms with Gasteiger partial charge >= 0.3 is 12.1 Å². The van der Waals surface area contributed by atoms with Gasteiger partial charge in [-0.3, -0.25) is 24.2 Å². The number of rotatable bonds is 8. The summed E-state index contributed by atoms with van der Waals surface area (Å²) in [7, 11) is 3.46. The Kier molecular flexibility index (Phi) is 8.26. The maximum Gasteiger partial charge on any atom is 0.414 e. The fourth-order valence-electron chi connectivity index (χ4n) is 3.75. The summed E-state index contributed by atoms with van der Waals surface area (Å²) in [4.78, 5) is 53.5. The predicted molar refractivity (Wildman–Crippen MR) is 121 cm³/mol. The number of amides is 3. The van der Waals surface area contributed by atoms with E-state index in [1.165, 1.54) is 17.9 Å². The highest BCUT2D eigenvalue weighted by atomic mass is 19.1. The zero-order valence-electron chi connectivity index (χ0n) is 19.6. The molecule has 1 unspecified atom stereocenters. The van der Waals surface area contributed by atoms with Crippen LogP contribution in [0, 0.1) is 5.82 Å². The van der Waals surface area contributed by atoms with Gasteiger partial charge in [-0.2, -0.15) is 0 Å². The van der Waals surface area contributed by atoms with Crippen molar-refractivity contribution < 1.29 is 33.0 Å². The standard InChI is InChI=1S/C22H30FN5O6/c1-15(29)24-11-17-12-28(22(32)34-17)16-4-5-19(18(23)10-16)26-6-8-27(9-7-26)20(30)14-33-21(31)13-25(2)3/h4-5,10,17H,6-9,11-14H2,1-3H3,(H,24,29). The number of cyclic esters (lactones) is 1. The molecule has 2 aliphatic rings. The Morgan fingerprint density at radius 1 is 1.21 bits per heavy atom. The number of benzene rings is 1. The van der Waals surface area contributed by atoms with Crippen LogP contribution in [0.1, 0.15) is 6.92 Å². The van der Waals surface area contributed by atoms with Crippen LogP contribution in [0.4, 0.5) is 20.6 Å². The average Bonchev–Trinajstić information content (AvgIpc) is 3.16. The molecule has 2 heterocycles. The molecule has 2 fully saturated rings. The first-order chi connectivity index (χ1) is 16.1. The van der Waals surface area contributed by atoms with Crippen molar-refractivity contribution in [2.75, 3.05) is 76.3 Å². The highest BCUT2D eigenvalue weighted by Gasteiger charge is 2.33. The first kappa shape index (κ1) is 25.2. The third-order valence-corrected chi connectivity index (χ3v) is 5.47. The fourth-order valence-corrected chi connectivity index (χ4v) is 3.75. The second-order valence-corrected chi connectivity index (χ2v) is 8.46. The minimum atomic E-state index is -0.596. The number of carbonyl (C=O) groups excluding carboxylic acids is 4. The van der Waals surface area contributed by atoms with Crippen molar-refractivity contribution in [2.45, 2.75) is 13.0 Å². The van der Waals surface area contributed by atoms with Gasteiger partial charge in [0.1, 0.15) is 11.9 Å². The zero-order chi connectivity index (χ0) is 24.8. The molecule has 2 aliphatic heterocycles. The van der Waals surface area contributed by atoms with E-state index < -0.39 is 24.0 Å². The predicted octanol–water partition coefficient (Wildman–Crippen LogP) is 0.0404. The lowest BCUT2D eigenvalue weighted by atomic mass is 10.2. The lowest BCUT2D eigenvalue weighted by Gasteiger charge is -2.36. The van der Waals surface area contributed by atoms with Crippen LogP contribution < -0.4 is 15.1 Å². The Bertz CT molecular complexity index is 934. The minimum absolute atomic E-state index is 0.0987. The summed E-state index contributed by atoms with van der Waals surface area (Å²) in [5.41, 5.74) is 0.737. The molecule has 0 bridgehead atoms. The molecule has 1 aromatic rings. The van der Waals surface area contributed by atoms with E-state index >= 15 is 0 Å². The van der Waals surface area contributed by atoms with E-state index in [2.05, 4.69) is 5.32 Å². The molecule has 0 aliphatic carbocycles. The van der Waals surface area contributed by atoms with Crippen molar-refractivity contribution in [1.29, 1.82) is 0 Å². The lowest BCUT2D eigenvalue weighted by Crippen LogP contribution is -2.50. The molecule has 0 spiro atoms. The molecule has 1 atom stereocenters. The lowest BCUT2D eigenvalue weighted by molar-refractivity contribution is -0.152. The largest absolute Gasteiger partial charge is 0.455 e. The summed E-state index contributed by atoms with van der Waals surface area (Å²) in [6.45, 7) is 3.12. The van der Waals surface area contributed by atoms with Gasteiger partial charge in [-0.15, -0.1) is 0 Å². The molecular weight excluding hydrogens is 449 g/mol. The van der Waals surface area contributed by atoms with Crippen molar-refractivity contribution in [2.24, 2.45) is 0 Å². The number of hydrogen-bond donors (Lipinski definition) is 1.